The molecule has 0 aliphatic rings. The Morgan fingerprint density at radius 1 is 1.19 bits per heavy atom. The summed E-state index contributed by atoms with van der Waals surface area (Å²) in [6.45, 7) is 0.696. The molecule has 0 aliphatic heterocycles. The molecular formula is C19H20ClN3O3. The van der Waals surface area contributed by atoms with Crippen molar-refractivity contribution in [3.8, 4) is 0 Å². The van der Waals surface area contributed by atoms with E-state index in [0.29, 0.717) is 22.7 Å². The van der Waals surface area contributed by atoms with Gasteiger partial charge in [-0.05, 0) is 29.8 Å². The molecule has 0 unspecified atom stereocenters. The van der Waals surface area contributed by atoms with Crippen molar-refractivity contribution in [1.82, 2.24) is 9.88 Å². The summed E-state index contributed by atoms with van der Waals surface area (Å²) >= 11 is 5.90. The van der Waals surface area contributed by atoms with Crippen LogP contribution in [-0.4, -0.2) is 24.6 Å². The number of anilines is 1. The number of hydrogen-bond donors (Lipinski definition) is 1. The number of nitrogens with zero attached hydrogens (tertiary/aromatic N) is 2. The van der Waals surface area contributed by atoms with Gasteiger partial charge in [0, 0.05) is 50.4 Å². The lowest BCUT2D eigenvalue weighted by Crippen LogP contribution is -2.25. The van der Waals surface area contributed by atoms with Crippen LogP contribution in [0, 0.1) is 0 Å². The van der Waals surface area contributed by atoms with Crippen LogP contribution in [-0.2, 0) is 17.9 Å². The number of aromatic nitrogens is 1. The molecule has 2 aromatic carbocycles. The number of amides is 1. The highest BCUT2D eigenvalue weighted by molar-refractivity contribution is 6.31. The minimum Gasteiger partial charge on any atom is -0.408 e. The Balaban J connectivity index is 1.57. The van der Waals surface area contributed by atoms with Crippen LogP contribution >= 0.6 is 11.6 Å². The van der Waals surface area contributed by atoms with Crippen molar-refractivity contribution < 1.29 is 9.21 Å². The average Bonchev–Trinajstić information content (AvgIpc) is 2.92. The molecule has 0 aliphatic carbocycles. The van der Waals surface area contributed by atoms with Gasteiger partial charge in [0.25, 0.3) is 0 Å². The van der Waals surface area contributed by atoms with Crippen LogP contribution in [0.3, 0.4) is 0 Å². The maximum Gasteiger partial charge on any atom is 0.419 e. The summed E-state index contributed by atoms with van der Waals surface area (Å²) in [5, 5.41) is 3.36. The summed E-state index contributed by atoms with van der Waals surface area (Å²) in [5.74, 6) is -0.619. The van der Waals surface area contributed by atoms with Crippen molar-refractivity contribution in [3.05, 3.63) is 63.6 Å². The number of nitrogens with one attached hydrogen (secondary N) is 1. The van der Waals surface area contributed by atoms with Gasteiger partial charge in [-0.3, -0.25) is 9.36 Å². The second-order valence-electron chi connectivity index (χ2n) is 6.22. The van der Waals surface area contributed by atoms with Gasteiger partial charge in [0.05, 0.1) is 5.52 Å². The number of carbonyl (C=O) groups is 1. The van der Waals surface area contributed by atoms with E-state index in [4.69, 9.17) is 16.0 Å². The van der Waals surface area contributed by atoms with Crippen molar-refractivity contribution >= 4 is 34.3 Å². The first-order chi connectivity index (χ1) is 12.4. The van der Waals surface area contributed by atoms with E-state index in [-0.39, 0.29) is 18.9 Å². The molecule has 26 heavy (non-hydrogen) atoms. The van der Waals surface area contributed by atoms with Gasteiger partial charge in [-0.25, -0.2) is 4.79 Å². The molecule has 0 saturated heterocycles. The summed E-state index contributed by atoms with van der Waals surface area (Å²) in [5.41, 5.74) is 3.17. The maximum absolute atomic E-state index is 12.1. The Kier molecular flexibility index (Phi) is 5.32. The van der Waals surface area contributed by atoms with Crippen molar-refractivity contribution in [3.63, 3.8) is 0 Å². The third-order valence-electron chi connectivity index (χ3n) is 4.14. The summed E-state index contributed by atoms with van der Waals surface area (Å²) in [6, 6.07) is 13.0. The highest BCUT2D eigenvalue weighted by atomic mass is 35.5. The molecule has 1 amide bonds. The molecule has 0 spiro atoms. The molecule has 136 valence electrons. The van der Waals surface area contributed by atoms with Gasteiger partial charge < -0.3 is 14.6 Å². The Morgan fingerprint density at radius 3 is 2.62 bits per heavy atom. The molecule has 0 radical (unpaired) electrons. The molecule has 7 heteroatoms. The van der Waals surface area contributed by atoms with Crippen LogP contribution in [0.4, 0.5) is 5.69 Å². The summed E-state index contributed by atoms with van der Waals surface area (Å²) in [4.78, 5) is 26.1. The topological polar surface area (TPSA) is 67.5 Å². The van der Waals surface area contributed by atoms with Gasteiger partial charge >= 0.3 is 5.76 Å². The van der Waals surface area contributed by atoms with Crippen molar-refractivity contribution in [2.45, 2.75) is 19.5 Å². The van der Waals surface area contributed by atoms with E-state index in [2.05, 4.69) is 5.32 Å². The molecular weight excluding hydrogens is 354 g/mol. The molecule has 0 atom stereocenters. The van der Waals surface area contributed by atoms with Gasteiger partial charge in [-0.2, -0.15) is 0 Å². The second-order valence-corrected chi connectivity index (χ2v) is 6.66. The minimum atomic E-state index is -0.491. The van der Waals surface area contributed by atoms with Crippen LogP contribution in [0.1, 0.15) is 12.0 Å². The molecule has 0 bridgehead atoms. The Bertz CT molecular complexity index is 974. The van der Waals surface area contributed by atoms with Gasteiger partial charge in [0.2, 0.25) is 5.91 Å². The fraction of sp³-hybridized carbons (Fsp3) is 0.263. The predicted molar refractivity (Wildman–Crippen MR) is 103 cm³/mol. The molecule has 0 fully saturated rings. The lowest BCUT2D eigenvalue weighted by molar-refractivity contribution is -0.121. The molecule has 1 heterocycles. The summed E-state index contributed by atoms with van der Waals surface area (Å²) in [6.07, 6.45) is 0.187. The van der Waals surface area contributed by atoms with Gasteiger partial charge in [-0.15, -0.1) is 0 Å². The van der Waals surface area contributed by atoms with E-state index in [1.807, 2.05) is 43.3 Å². The fourth-order valence-corrected chi connectivity index (χ4v) is 2.83. The van der Waals surface area contributed by atoms with Crippen LogP contribution in [0.2, 0.25) is 5.02 Å². The zero-order valence-electron chi connectivity index (χ0n) is 14.7. The van der Waals surface area contributed by atoms with E-state index in [0.717, 1.165) is 11.3 Å². The number of fused-ring (bicyclic) bond motifs is 1. The molecule has 1 aromatic heterocycles. The van der Waals surface area contributed by atoms with E-state index >= 15 is 0 Å². The number of carbonyl (C=O) groups excluding carboxylic acids is 1. The van der Waals surface area contributed by atoms with E-state index in [1.165, 1.54) is 4.57 Å². The zero-order valence-corrected chi connectivity index (χ0v) is 15.4. The second kappa shape index (κ2) is 7.66. The highest BCUT2D eigenvalue weighted by Gasteiger charge is 2.11. The maximum atomic E-state index is 12.1. The van der Waals surface area contributed by atoms with Crippen LogP contribution in [0.5, 0.6) is 0 Å². The number of hydrogen-bond acceptors (Lipinski definition) is 4. The first-order valence-electron chi connectivity index (χ1n) is 8.26. The van der Waals surface area contributed by atoms with E-state index in [1.54, 1.807) is 18.2 Å². The Hall–Kier alpha value is -2.73. The van der Waals surface area contributed by atoms with Crippen LogP contribution < -0.4 is 16.0 Å². The molecule has 6 nitrogen and oxygen atoms in total. The number of aryl methyl sites for hydroxylation is 1. The van der Waals surface area contributed by atoms with E-state index in [9.17, 15) is 9.59 Å². The van der Waals surface area contributed by atoms with Crippen LogP contribution in [0.15, 0.2) is 51.7 Å². The lowest BCUT2D eigenvalue weighted by Gasteiger charge is -2.13. The minimum absolute atomic E-state index is 0.128. The summed E-state index contributed by atoms with van der Waals surface area (Å²) in [7, 11) is 3.96. The molecule has 3 aromatic rings. The van der Waals surface area contributed by atoms with Crippen LogP contribution in [0.25, 0.3) is 11.1 Å². The Morgan fingerprint density at radius 2 is 1.92 bits per heavy atom. The monoisotopic (exact) mass is 373 g/mol. The zero-order chi connectivity index (χ0) is 18.7. The van der Waals surface area contributed by atoms with Crippen molar-refractivity contribution in [1.29, 1.82) is 0 Å². The quantitative estimate of drug-likeness (QED) is 0.721. The first-order valence-corrected chi connectivity index (χ1v) is 8.63. The number of benzene rings is 2. The van der Waals surface area contributed by atoms with E-state index < -0.39 is 5.76 Å². The smallest absolute Gasteiger partial charge is 0.408 e. The molecule has 3 rings (SSSR count). The third kappa shape index (κ3) is 4.08. The fourth-order valence-electron chi connectivity index (χ4n) is 2.67. The largest absolute Gasteiger partial charge is 0.419 e. The average molecular weight is 374 g/mol. The molecule has 0 saturated carbocycles. The lowest BCUT2D eigenvalue weighted by atomic mass is 10.2. The van der Waals surface area contributed by atoms with Gasteiger partial charge in [-0.1, -0.05) is 23.7 Å². The van der Waals surface area contributed by atoms with Crippen molar-refractivity contribution in [2.75, 3.05) is 19.0 Å². The SMILES string of the molecule is CN(C)c1ccc(CNC(=O)CCn2c(=O)oc3cc(Cl)ccc32)cc1. The number of halogens is 1. The standard InChI is InChI=1S/C19H20ClN3O3/c1-22(2)15-6-3-13(4-7-15)12-21-18(24)9-10-23-16-8-5-14(20)11-17(16)26-19(23)25/h3-8,11H,9-10,12H2,1-2H3,(H,21,24). The third-order valence-corrected chi connectivity index (χ3v) is 4.37. The Labute approximate surface area is 156 Å². The highest BCUT2D eigenvalue weighted by Crippen LogP contribution is 2.18. The normalized spacial score (nSPS) is 10.9. The first kappa shape index (κ1) is 18.1. The predicted octanol–water partition coefficient (Wildman–Crippen LogP) is 3.02. The van der Waals surface area contributed by atoms with Gasteiger partial charge in [0.15, 0.2) is 5.58 Å². The molecule has 1 N–H and O–H groups in total. The van der Waals surface area contributed by atoms with Gasteiger partial charge in [0.1, 0.15) is 0 Å². The number of rotatable bonds is 6. The van der Waals surface area contributed by atoms with Crippen molar-refractivity contribution in [2.24, 2.45) is 0 Å². The summed E-state index contributed by atoms with van der Waals surface area (Å²) < 4.78 is 6.60. The number of oxazole rings is 1.